The van der Waals surface area contributed by atoms with Gasteiger partial charge >= 0.3 is 5.97 Å². The van der Waals surface area contributed by atoms with Crippen molar-refractivity contribution in [1.29, 1.82) is 0 Å². The molecule has 0 spiro atoms. The number of rotatable bonds is 5. The first-order valence-corrected chi connectivity index (χ1v) is 13.4. The topological polar surface area (TPSA) is 154 Å². The monoisotopic (exact) mass is 500 g/mol. The van der Waals surface area contributed by atoms with E-state index in [0.29, 0.717) is 28.7 Å². The SMILES string of the molecule is CS(=O)N1CCCCC1.Nc1nc(N2CCC(CC(=O)O)CC2)ncc1-c1cnc2[nH]ccc2n1. The van der Waals surface area contributed by atoms with Gasteiger partial charge in [-0.2, -0.15) is 4.98 Å². The quantitative estimate of drug-likeness (QED) is 0.479. The normalized spacial score (nSPS) is 18.1. The summed E-state index contributed by atoms with van der Waals surface area (Å²) in [6.07, 6.45) is 12.5. The Kier molecular flexibility index (Phi) is 8.24. The van der Waals surface area contributed by atoms with E-state index in [1.807, 2.05) is 15.3 Å². The number of nitrogens with two attached hydrogens (primary N) is 1. The summed E-state index contributed by atoms with van der Waals surface area (Å²) < 4.78 is 12.9. The van der Waals surface area contributed by atoms with E-state index in [4.69, 9.17) is 10.8 Å². The molecule has 35 heavy (non-hydrogen) atoms. The molecular formula is C23H32N8O3S. The molecule has 0 radical (unpaired) electrons. The molecule has 0 aromatic carbocycles. The van der Waals surface area contributed by atoms with Gasteiger partial charge in [-0.05, 0) is 37.7 Å². The van der Waals surface area contributed by atoms with Gasteiger partial charge in [0.1, 0.15) is 11.3 Å². The van der Waals surface area contributed by atoms with E-state index in [0.717, 1.165) is 44.5 Å². The lowest BCUT2D eigenvalue weighted by Gasteiger charge is -2.31. The van der Waals surface area contributed by atoms with Crippen LogP contribution in [-0.2, 0) is 15.8 Å². The van der Waals surface area contributed by atoms with Crippen molar-refractivity contribution in [2.75, 3.05) is 43.1 Å². The first kappa shape index (κ1) is 25.0. The van der Waals surface area contributed by atoms with E-state index in [9.17, 15) is 9.00 Å². The van der Waals surface area contributed by atoms with Gasteiger partial charge in [0.05, 0.1) is 28.4 Å². The predicted octanol–water partition coefficient (Wildman–Crippen LogP) is 2.45. The molecule has 2 saturated heterocycles. The lowest BCUT2D eigenvalue weighted by atomic mass is 9.94. The number of aliphatic carboxylic acids is 1. The molecule has 188 valence electrons. The third-order valence-electron chi connectivity index (χ3n) is 6.38. The van der Waals surface area contributed by atoms with Gasteiger partial charge in [0.25, 0.3) is 0 Å². The maximum Gasteiger partial charge on any atom is 0.303 e. The van der Waals surface area contributed by atoms with E-state index in [1.165, 1.54) is 19.3 Å². The Balaban J connectivity index is 0.000000271. The summed E-state index contributed by atoms with van der Waals surface area (Å²) in [5, 5.41) is 8.91. The standard InChI is InChI=1S/C17H19N7O2.C6H13NOS/c18-15-11(13-9-20-16-12(22-13)1-4-19-16)8-21-17(23-15)24-5-2-10(3-6-24)7-14(25)26;1-9(8)7-5-3-2-4-6-7/h1,4,8-10H,2-3,5-7H2,(H,19,20)(H,25,26)(H2,18,21,23);2-6H2,1H3. The van der Waals surface area contributed by atoms with Gasteiger partial charge in [-0.3, -0.25) is 4.79 Å². The minimum Gasteiger partial charge on any atom is -0.481 e. The van der Waals surface area contributed by atoms with Gasteiger partial charge in [-0.1, -0.05) is 6.42 Å². The van der Waals surface area contributed by atoms with Crippen molar-refractivity contribution in [3.05, 3.63) is 24.7 Å². The van der Waals surface area contributed by atoms with Gasteiger partial charge in [0, 0.05) is 51.2 Å². The Morgan fingerprint density at radius 2 is 1.89 bits per heavy atom. The minimum atomic E-state index is -0.742. The van der Waals surface area contributed by atoms with Crippen LogP contribution in [0.15, 0.2) is 24.7 Å². The molecule has 4 N–H and O–H groups in total. The number of carboxylic acids is 1. The summed E-state index contributed by atoms with van der Waals surface area (Å²) >= 11 is 0. The number of carbonyl (C=O) groups is 1. The molecule has 3 aromatic rings. The van der Waals surface area contributed by atoms with Gasteiger partial charge in [0.15, 0.2) is 5.65 Å². The molecular weight excluding hydrogens is 468 g/mol. The molecule has 3 aromatic heterocycles. The van der Waals surface area contributed by atoms with Crippen molar-refractivity contribution < 1.29 is 14.1 Å². The van der Waals surface area contributed by atoms with Crippen LogP contribution in [0.5, 0.6) is 0 Å². The second-order valence-electron chi connectivity index (χ2n) is 8.88. The number of piperidine rings is 2. The number of aromatic nitrogens is 5. The zero-order valence-electron chi connectivity index (χ0n) is 19.9. The van der Waals surface area contributed by atoms with E-state index in [1.54, 1.807) is 24.8 Å². The van der Waals surface area contributed by atoms with Gasteiger partial charge in [-0.25, -0.2) is 23.5 Å². The highest BCUT2D eigenvalue weighted by molar-refractivity contribution is 7.81. The first-order valence-electron chi connectivity index (χ1n) is 11.9. The fraction of sp³-hybridized carbons (Fsp3) is 0.522. The summed E-state index contributed by atoms with van der Waals surface area (Å²) in [5.74, 6) is 0.389. The Bertz CT molecular complexity index is 1170. The van der Waals surface area contributed by atoms with E-state index in [2.05, 4.69) is 24.9 Å². The van der Waals surface area contributed by atoms with E-state index in [-0.39, 0.29) is 12.3 Å². The molecule has 1 atom stereocenters. The Hall–Kier alpha value is -3.12. The largest absolute Gasteiger partial charge is 0.481 e. The molecule has 5 rings (SSSR count). The van der Waals surface area contributed by atoms with Crippen LogP contribution in [0.3, 0.4) is 0 Å². The number of anilines is 2. The molecule has 0 bridgehead atoms. The molecule has 1 unspecified atom stereocenters. The lowest BCUT2D eigenvalue weighted by molar-refractivity contribution is -0.138. The number of fused-ring (bicyclic) bond motifs is 1. The summed E-state index contributed by atoms with van der Waals surface area (Å²) in [7, 11) is -0.719. The summed E-state index contributed by atoms with van der Waals surface area (Å²) in [5.41, 5.74) is 8.88. The van der Waals surface area contributed by atoms with Crippen molar-refractivity contribution in [2.45, 2.75) is 38.5 Å². The maximum absolute atomic E-state index is 10.8. The Morgan fingerprint density at radius 3 is 2.51 bits per heavy atom. The Morgan fingerprint density at radius 1 is 1.14 bits per heavy atom. The molecule has 0 saturated carbocycles. The number of nitrogens with zero attached hydrogens (tertiary/aromatic N) is 6. The number of carboxylic acid groups (broad SMARTS) is 1. The third-order valence-corrected chi connectivity index (χ3v) is 7.47. The number of nitrogens with one attached hydrogen (secondary N) is 1. The highest BCUT2D eigenvalue weighted by Gasteiger charge is 2.23. The van der Waals surface area contributed by atoms with Crippen molar-refractivity contribution in [3.8, 4) is 11.3 Å². The summed E-state index contributed by atoms with van der Waals surface area (Å²) in [4.78, 5) is 33.6. The van der Waals surface area contributed by atoms with Gasteiger partial charge < -0.3 is 20.7 Å². The zero-order chi connectivity index (χ0) is 24.8. The van der Waals surface area contributed by atoms with Crippen LogP contribution in [0, 0.1) is 5.92 Å². The molecule has 0 aliphatic carbocycles. The molecule has 5 heterocycles. The average molecular weight is 501 g/mol. The predicted molar refractivity (Wildman–Crippen MR) is 136 cm³/mol. The minimum absolute atomic E-state index is 0.212. The first-order chi connectivity index (χ1) is 16.9. The number of hydrogen-bond acceptors (Lipinski definition) is 8. The van der Waals surface area contributed by atoms with Crippen molar-refractivity contribution >= 4 is 39.9 Å². The molecule has 11 nitrogen and oxygen atoms in total. The fourth-order valence-electron chi connectivity index (χ4n) is 4.40. The highest BCUT2D eigenvalue weighted by Crippen LogP contribution is 2.27. The van der Waals surface area contributed by atoms with Crippen LogP contribution in [0.2, 0.25) is 0 Å². The molecule has 2 aliphatic heterocycles. The van der Waals surface area contributed by atoms with Gasteiger partial charge in [0.2, 0.25) is 5.95 Å². The zero-order valence-corrected chi connectivity index (χ0v) is 20.7. The smallest absolute Gasteiger partial charge is 0.303 e. The van der Waals surface area contributed by atoms with Crippen molar-refractivity contribution in [2.24, 2.45) is 5.92 Å². The second-order valence-corrected chi connectivity index (χ2v) is 10.2. The van der Waals surface area contributed by atoms with E-state index >= 15 is 0 Å². The number of aromatic amines is 1. The number of hydrogen-bond donors (Lipinski definition) is 3. The molecule has 2 fully saturated rings. The van der Waals surface area contributed by atoms with Crippen molar-refractivity contribution in [3.63, 3.8) is 0 Å². The molecule has 12 heteroatoms. The average Bonchev–Trinajstić information content (AvgIpc) is 3.33. The van der Waals surface area contributed by atoms with Crippen LogP contribution in [0.25, 0.3) is 22.4 Å². The lowest BCUT2D eigenvalue weighted by Crippen LogP contribution is -2.35. The van der Waals surface area contributed by atoms with Crippen LogP contribution in [-0.4, -0.2) is 76.9 Å². The molecule has 0 amide bonds. The van der Waals surface area contributed by atoms with Crippen LogP contribution in [0.4, 0.5) is 11.8 Å². The third kappa shape index (κ3) is 6.51. The fourth-order valence-corrected chi connectivity index (χ4v) is 5.17. The van der Waals surface area contributed by atoms with Gasteiger partial charge in [-0.15, -0.1) is 0 Å². The Labute approximate surface area is 206 Å². The summed E-state index contributed by atoms with van der Waals surface area (Å²) in [6.45, 7) is 3.52. The van der Waals surface area contributed by atoms with Crippen LogP contribution < -0.4 is 10.6 Å². The van der Waals surface area contributed by atoms with Crippen LogP contribution in [0.1, 0.15) is 38.5 Å². The number of nitrogen functional groups attached to an aromatic ring is 1. The van der Waals surface area contributed by atoms with E-state index < -0.39 is 17.0 Å². The van der Waals surface area contributed by atoms with Crippen molar-refractivity contribution in [1.82, 2.24) is 29.2 Å². The number of H-pyrrole nitrogens is 1. The second kappa shape index (κ2) is 11.5. The maximum atomic E-state index is 10.8. The van der Waals surface area contributed by atoms with Crippen LogP contribution >= 0.6 is 0 Å². The summed E-state index contributed by atoms with van der Waals surface area (Å²) in [6, 6.07) is 1.85. The highest BCUT2D eigenvalue weighted by atomic mass is 32.2. The molecule has 2 aliphatic rings.